The van der Waals surface area contributed by atoms with Gasteiger partial charge >= 0.3 is 5.69 Å². The summed E-state index contributed by atoms with van der Waals surface area (Å²) in [6.45, 7) is 2.29. The van der Waals surface area contributed by atoms with Crippen molar-refractivity contribution in [1.82, 2.24) is 14.2 Å². The van der Waals surface area contributed by atoms with E-state index in [1.165, 1.54) is 9.08 Å². The second-order valence-electron chi connectivity index (χ2n) is 3.70. The average molecular weight is 236 g/mol. The molecule has 0 saturated carbocycles. The summed E-state index contributed by atoms with van der Waals surface area (Å²) < 4.78 is 2.88. The Bertz CT molecular complexity index is 586. The fraction of sp³-hybridized carbons (Fsp3) is 0.300. The van der Waals surface area contributed by atoms with E-state index in [4.69, 9.17) is 18.0 Å². The third kappa shape index (κ3) is 1.83. The van der Waals surface area contributed by atoms with Gasteiger partial charge in [-0.05, 0) is 12.1 Å². The third-order valence-corrected chi connectivity index (χ3v) is 2.82. The van der Waals surface area contributed by atoms with E-state index in [1.54, 1.807) is 18.3 Å². The largest absolute Gasteiger partial charge is 0.393 e. The Morgan fingerprint density at radius 3 is 3.00 bits per heavy atom. The molecule has 1 unspecified atom stereocenters. The number of nitrogens with two attached hydrogens (primary N) is 1. The third-order valence-electron chi connectivity index (χ3n) is 2.42. The lowest BCUT2D eigenvalue weighted by molar-refractivity contribution is 0.527. The monoisotopic (exact) mass is 236 g/mol. The lowest BCUT2D eigenvalue weighted by atomic mass is 10.2. The van der Waals surface area contributed by atoms with E-state index in [1.807, 2.05) is 13.0 Å². The van der Waals surface area contributed by atoms with Gasteiger partial charge in [0, 0.05) is 12.1 Å². The van der Waals surface area contributed by atoms with Crippen LogP contribution in [0.15, 0.2) is 29.2 Å². The maximum absolute atomic E-state index is 11.9. The Balaban J connectivity index is 2.42. The van der Waals surface area contributed by atoms with Crippen LogP contribution in [-0.4, -0.2) is 19.2 Å². The van der Waals surface area contributed by atoms with Gasteiger partial charge in [-0.1, -0.05) is 25.2 Å². The summed E-state index contributed by atoms with van der Waals surface area (Å²) in [5, 5.41) is 4.19. The molecule has 0 aliphatic heterocycles. The predicted molar refractivity (Wildman–Crippen MR) is 65.4 cm³/mol. The first-order valence-corrected chi connectivity index (χ1v) is 5.34. The van der Waals surface area contributed by atoms with Gasteiger partial charge in [0.25, 0.3) is 0 Å². The lowest BCUT2D eigenvalue weighted by Gasteiger charge is -2.07. The van der Waals surface area contributed by atoms with Crippen LogP contribution >= 0.6 is 12.2 Å². The Kier molecular flexibility index (Phi) is 2.74. The summed E-state index contributed by atoms with van der Waals surface area (Å²) in [5.74, 6) is -0.0439. The molecule has 0 aromatic carbocycles. The zero-order valence-corrected chi connectivity index (χ0v) is 9.65. The molecule has 5 nitrogen and oxygen atoms in total. The number of rotatable bonds is 3. The molecule has 0 fully saturated rings. The highest BCUT2D eigenvalue weighted by Gasteiger charge is 2.11. The lowest BCUT2D eigenvalue weighted by Crippen LogP contribution is -2.29. The van der Waals surface area contributed by atoms with Crippen LogP contribution in [0.5, 0.6) is 0 Å². The molecule has 0 radical (unpaired) electrons. The zero-order chi connectivity index (χ0) is 11.7. The summed E-state index contributed by atoms with van der Waals surface area (Å²) in [4.78, 5) is 12.3. The van der Waals surface area contributed by atoms with Crippen LogP contribution in [0.2, 0.25) is 0 Å². The van der Waals surface area contributed by atoms with Crippen molar-refractivity contribution in [2.24, 2.45) is 11.7 Å². The van der Waals surface area contributed by atoms with Crippen LogP contribution in [0.25, 0.3) is 5.65 Å². The summed E-state index contributed by atoms with van der Waals surface area (Å²) in [7, 11) is 0. The predicted octanol–water partition coefficient (Wildman–Crippen LogP) is 0.418. The summed E-state index contributed by atoms with van der Waals surface area (Å²) >= 11 is 4.87. The summed E-state index contributed by atoms with van der Waals surface area (Å²) in [6, 6.07) is 5.41. The topological polar surface area (TPSA) is 65.3 Å². The quantitative estimate of drug-likeness (QED) is 0.784. The zero-order valence-electron chi connectivity index (χ0n) is 8.83. The van der Waals surface area contributed by atoms with E-state index < -0.39 is 0 Å². The Morgan fingerprint density at radius 2 is 2.38 bits per heavy atom. The van der Waals surface area contributed by atoms with Crippen molar-refractivity contribution in [3.63, 3.8) is 0 Å². The normalized spacial score (nSPS) is 12.8. The molecule has 1 atom stereocenters. The van der Waals surface area contributed by atoms with E-state index in [2.05, 4.69) is 5.10 Å². The number of aromatic nitrogens is 3. The molecule has 84 valence electrons. The fourth-order valence-corrected chi connectivity index (χ4v) is 1.51. The van der Waals surface area contributed by atoms with Gasteiger partial charge < -0.3 is 5.73 Å². The van der Waals surface area contributed by atoms with Crippen LogP contribution in [0.1, 0.15) is 6.92 Å². The van der Waals surface area contributed by atoms with E-state index in [0.29, 0.717) is 17.2 Å². The van der Waals surface area contributed by atoms with Crippen LogP contribution in [0.4, 0.5) is 0 Å². The standard InChI is InChI=1S/C10H12N4OS/c1-7(9(11)16)6-14-10(15)13-5-3-2-4-8(13)12-14/h2-5,7H,6H2,1H3,(H2,11,16). The second-order valence-corrected chi connectivity index (χ2v) is 4.17. The van der Waals surface area contributed by atoms with Gasteiger partial charge in [-0.25, -0.2) is 9.48 Å². The maximum atomic E-state index is 11.9. The van der Waals surface area contributed by atoms with E-state index in [0.717, 1.165) is 0 Å². The van der Waals surface area contributed by atoms with Crippen molar-refractivity contribution < 1.29 is 0 Å². The molecule has 0 aliphatic carbocycles. The van der Waals surface area contributed by atoms with Crippen LogP contribution < -0.4 is 11.4 Å². The molecule has 16 heavy (non-hydrogen) atoms. The minimum absolute atomic E-state index is 0.0439. The van der Waals surface area contributed by atoms with Crippen molar-refractivity contribution in [2.45, 2.75) is 13.5 Å². The van der Waals surface area contributed by atoms with Crippen molar-refractivity contribution in [1.29, 1.82) is 0 Å². The van der Waals surface area contributed by atoms with Crippen LogP contribution in [0, 0.1) is 5.92 Å². The molecule has 0 aliphatic rings. The van der Waals surface area contributed by atoms with Gasteiger partial charge in [0.15, 0.2) is 5.65 Å². The molecular formula is C10H12N4OS. The highest BCUT2D eigenvalue weighted by Crippen LogP contribution is 2.00. The van der Waals surface area contributed by atoms with E-state index in [-0.39, 0.29) is 11.6 Å². The van der Waals surface area contributed by atoms with E-state index in [9.17, 15) is 4.79 Å². The fourth-order valence-electron chi connectivity index (χ4n) is 1.44. The molecule has 0 amide bonds. The molecule has 6 heteroatoms. The number of nitrogens with zero attached hydrogens (tertiary/aromatic N) is 3. The molecule has 2 N–H and O–H groups in total. The first kappa shape index (κ1) is 10.8. The minimum Gasteiger partial charge on any atom is -0.393 e. The smallest absolute Gasteiger partial charge is 0.350 e. The van der Waals surface area contributed by atoms with Gasteiger partial charge in [0.05, 0.1) is 11.5 Å². The highest BCUT2D eigenvalue weighted by molar-refractivity contribution is 7.80. The molecule has 0 bridgehead atoms. The highest BCUT2D eigenvalue weighted by atomic mass is 32.1. The van der Waals surface area contributed by atoms with Gasteiger partial charge in [-0.2, -0.15) is 0 Å². The van der Waals surface area contributed by atoms with Gasteiger partial charge in [-0.3, -0.25) is 4.40 Å². The second kappa shape index (κ2) is 4.05. The molecule has 2 heterocycles. The number of fused-ring (bicyclic) bond motifs is 1. The van der Waals surface area contributed by atoms with Crippen molar-refractivity contribution in [2.75, 3.05) is 0 Å². The Labute approximate surface area is 97.5 Å². The summed E-state index contributed by atoms with van der Waals surface area (Å²) in [5.41, 5.74) is 5.97. The Morgan fingerprint density at radius 1 is 1.62 bits per heavy atom. The SMILES string of the molecule is CC(Cn1nc2ccccn2c1=O)C(N)=S. The van der Waals surface area contributed by atoms with Crippen LogP contribution in [-0.2, 0) is 6.54 Å². The first-order valence-electron chi connectivity index (χ1n) is 4.93. The Hall–Kier alpha value is -1.69. The summed E-state index contributed by atoms with van der Waals surface area (Å²) in [6.07, 6.45) is 1.69. The molecule has 2 rings (SSSR count). The van der Waals surface area contributed by atoms with Crippen molar-refractivity contribution in [3.05, 3.63) is 34.9 Å². The molecule has 0 spiro atoms. The number of thiocarbonyl (C=S) groups is 1. The molecule has 2 aromatic heterocycles. The van der Waals surface area contributed by atoms with Crippen LogP contribution in [0.3, 0.4) is 0 Å². The van der Waals surface area contributed by atoms with Crippen molar-refractivity contribution in [3.8, 4) is 0 Å². The molecule has 0 saturated heterocycles. The first-order chi connectivity index (χ1) is 7.59. The van der Waals surface area contributed by atoms with Gasteiger partial charge in [0.2, 0.25) is 0 Å². The molecule has 2 aromatic rings. The van der Waals surface area contributed by atoms with Gasteiger partial charge in [0.1, 0.15) is 0 Å². The maximum Gasteiger partial charge on any atom is 0.350 e. The average Bonchev–Trinajstić information content (AvgIpc) is 2.56. The van der Waals surface area contributed by atoms with Crippen molar-refractivity contribution >= 4 is 22.9 Å². The molecular weight excluding hydrogens is 224 g/mol. The number of hydrogen-bond donors (Lipinski definition) is 1. The number of hydrogen-bond acceptors (Lipinski definition) is 3. The minimum atomic E-state index is -0.168. The van der Waals surface area contributed by atoms with E-state index >= 15 is 0 Å². The number of pyridine rings is 1. The van der Waals surface area contributed by atoms with Gasteiger partial charge in [-0.15, -0.1) is 5.10 Å².